The monoisotopic (exact) mass is 662 g/mol. The molecule has 0 bridgehead atoms. The third-order valence-electron chi connectivity index (χ3n) is 8.95. The van der Waals surface area contributed by atoms with Crippen LogP contribution in [0.5, 0.6) is 0 Å². The quantitative estimate of drug-likeness (QED) is 0.183. The predicted octanol–water partition coefficient (Wildman–Crippen LogP) is 9.88. The van der Waals surface area contributed by atoms with E-state index < -0.39 is 0 Å². The highest BCUT2D eigenvalue weighted by Gasteiger charge is 2.31. The van der Waals surface area contributed by atoms with E-state index in [1.807, 2.05) is 72.8 Å². The molecule has 0 saturated carbocycles. The molecule has 0 spiro atoms. The minimum absolute atomic E-state index is 0.0429. The molecule has 2 aliphatic carbocycles. The second kappa shape index (κ2) is 8.83. The Morgan fingerprint density at radius 1 is 0.457 bits per heavy atom. The number of hydrogen-bond donors (Lipinski definition) is 0. The first-order chi connectivity index (χ1) is 22.6. The van der Waals surface area contributed by atoms with Crippen LogP contribution in [-0.4, -0.2) is 30.3 Å². The maximum absolute atomic E-state index is 13.3. The number of ketones is 2. The van der Waals surface area contributed by atoms with E-state index in [4.69, 9.17) is 18.7 Å². The van der Waals surface area contributed by atoms with Crippen LogP contribution in [0.1, 0.15) is 31.8 Å². The summed E-state index contributed by atoms with van der Waals surface area (Å²) in [5, 5.41) is 3.64. The van der Waals surface area contributed by atoms with Crippen LogP contribution in [0.15, 0.2) is 84.9 Å². The topological polar surface area (TPSA) is 85.7 Å². The van der Waals surface area contributed by atoms with E-state index in [2.05, 4.69) is 12.1 Å². The summed E-state index contributed by atoms with van der Waals surface area (Å²) in [5.41, 5.74) is 10.2. The normalized spacial score (nSPS) is 13.3. The fraction of sp³-hybridized carbons (Fsp3) is 0. The average molecular weight is 663 g/mol. The highest BCUT2D eigenvalue weighted by Crippen LogP contribution is 2.48. The lowest BCUT2D eigenvalue weighted by atomic mass is 9.87. The van der Waals surface area contributed by atoms with Crippen molar-refractivity contribution in [2.75, 3.05) is 0 Å². The summed E-state index contributed by atoms with van der Waals surface area (Å²) < 4.78 is 13.7. The van der Waals surface area contributed by atoms with Gasteiger partial charge in [-0.2, -0.15) is 8.75 Å². The van der Waals surface area contributed by atoms with Gasteiger partial charge in [0.1, 0.15) is 10.0 Å². The molecule has 0 aliphatic heterocycles. The third kappa shape index (κ3) is 3.18. The van der Waals surface area contributed by atoms with E-state index in [-0.39, 0.29) is 11.6 Å². The van der Waals surface area contributed by atoms with Gasteiger partial charge in [-0.1, -0.05) is 48.5 Å². The molecule has 4 aromatic heterocycles. The van der Waals surface area contributed by atoms with E-state index in [0.717, 1.165) is 84.3 Å². The third-order valence-corrected chi connectivity index (χ3v) is 12.8. The molecule has 2 aliphatic rings. The van der Waals surface area contributed by atoms with Gasteiger partial charge in [0.25, 0.3) is 0 Å². The molecule has 4 heterocycles. The van der Waals surface area contributed by atoms with Gasteiger partial charge in [-0.05, 0) is 59.5 Å². The van der Waals surface area contributed by atoms with E-state index >= 15 is 0 Å². The molecule has 0 amide bonds. The molecular formula is C36H14N4O2S4. The Morgan fingerprint density at radius 2 is 0.870 bits per heavy atom. The largest absolute Gasteiger partial charge is 0.289 e. The van der Waals surface area contributed by atoms with Crippen molar-refractivity contribution in [2.45, 2.75) is 0 Å². The van der Waals surface area contributed by atoms with Crippen molar-refractivity contribution in [1.29, 1.82) is 0 Å². The van der Waals surface area contributed by atoms with Gasteiger partial charge in [0.15, 0.2) is 11.6 Å². The smallest absolute Gasteiger partial charge is 0.194 e. The first-order valence-electron chi connectivity index (χ1n) is 14.5. The lowest BCUT2D eigenvalue weighted by Gasteiger charge is -2.15. The lowest BCUT2D eigenvalue weighted by Crippen LogP contribution is -2.08. The fourth-order valence-corrected chi connectivity index (χ4v) is 10.8. The number of fused-ring (bicyclic) bond motifs is 6. The highest BCUT2D eigenvalue weighted by molar-refractivity contribution is 7.24. The van der Waals surface area contributed by atoms with Crippen molar-refractivity contribution in [1.82, 2.24) is 18.7 Å². The molecule has 0 fully saturated rings. The fourth-order valence-electron chi connectivity index (χ4n) is 6.83. The van der Waals surface area contributed by atoms with E-state index in [1.54, 1.807) is 22.7 Å². The van der Waals surface area contributed by atoms with Crippen LogP contribution in [0.2, 0.25) is 0 Å². The summed E-state index contributed by atoms with van der Waals surface area (Å²) in [5.74, 6) is 0.0858. The molecule has 11 rings (SSSR count). The number of carbonyl (C=O) groups excluding carboxylic acids is 2. The zero-order valence-electron chi connectivity index (χ0n) is 23.3. The van der Waals surface area contributed by atoms with E-state index in [0.29, 0.717) is 22.3 Å². The molecule has 0 N–H and O–H groups in total. The summed E-state index contributed by atoms with van der Waals surface area (Å²) in [4.78, 5) is 36.8. The molecule has 5 aromatic carbocycles. The molecule has 46 heavy (non-hydrogen) atoms. The van der Waals surface area contributed by atoms with Crippen molar-refractivity contribution < 1.29 is 9.59 Å². The zero-order chi connectivity index (χ0) is 30.3. The van der Waals surface area contributed by atoms with Crippen LogP contribution < -0.4 is 0 Å². The van der Waals surface area contributed by atoms with Gasteiger partial charge < -0.3 is 0 Å². The maximum Gasteiger partial charge on any atom is 0.194 e. The molecule has 0 saturated heterocycles. The number of benzene rings is 5. The minimum Gasteiger partial charge on any atom is -0.289 e. The van der Waals surface area contributed by atoms with Crippen molar-refractivity contribution in [3.63, 3.8) is 0 Å². The van der Waals surface area contributed by atoms with E-state index in [1.165, 1.54) is 23.1 Å². The first kappa shape index (κ1) is 25.2. The van der Waals surface area contributed by atoms with Crippen LogP contribution in [0.4, 0.5) is 0 Å². The SMILES string of the molecule is O=C1c2ccccc2-c2nsc3c(-c4nc5cc6sc(-c7ccc8c9c(nsc79)-c7ccccc7C8=O)nc6cc5s4)ccc1c23. The highest BCUT2D eigenvalue weighted by atomic mass is 32.1. The predicted molar refractivity (Wildman–Crippen MR) is 188 cm³/mol. The van der Waals surface area contributed by atoms with Crippen molar-refractivity contribution in [2.24, 2.45) is 0 Å². The number of rotatable bonds is 2. The molecule has 214 valence electrons. The molecule has 0 radical (unpaired) electrons. The van der Waals surface area contributed by atoms with Crippen LogP contribution in [0, 0.1) is 0 Å². The van der Waals surface area contributed by atoms with Crippen molar-refractivity contribution >= 4 is 97.9 Å². The molecule has 0 unspecified atom stereocenters. The summed E-state index contributed by atoms with van der Waals surface area (Å²) in [6.45, 7) is 0. The Bertz CT molecular complexity index is 2630. The average Bonchev–Trinajstić information content (AvgIpc) is 3.89. The number of aromatic nitrogens is 4. The number of nitrogens with zero attached hydrogens (tertiary/aromatic N) is 4. The second-order valence-electron chi connectivity index (χ2n) is 11.4. The van der Waals surface area contributed by atoms with Crippen molar-refractivity contribution in [3.05, 3.63) is 107 Å². The van der Waals surface area contributed by atoms with Gasteiger partial charge in [-0.15, -0.1) is 22.7 Å². The molecular weight excluding hydrogens is 649 g/mol. The molecule has 0 atom stereocenters. The Labute approximate surface area is 275 Å². The maximum atomic E-state index is 13.3. The van der Waals surface area contributed by atoms with Crippen molar-refractivity contribution in [3.8, 4) is 43.7 Å². The summed E-state index contributed by atoms with van der Waals surface area (Å²) in [6.07, 6.45) is 0. The Kier molecular flexibility index (Phi) is 4.84. The number of thiazole rings is 2. The van der Waals surface area contributed by atoms with E-state index in [9.17, 15) is 9.59 Å². The zero-order valence-corrected chi connectivity index (χ0v) is 26.6. The van der Waals surface area contributed by atoms with Crippen LogP contribution >= 0.6 is 45.7 Å². The van der Waals surface area contributed by atoms with Gasteiger partial charge in [0.2, 0.25) is 0 Å². The minimum atomic E-state index is 0.0429. The van der Waals surface area contributed by atoms with Gasteiger partial charge in [0.05, 0.1) is 41.2 Å². The lowest BCUT2D eigenvalue weighted by molar-refractivity contribution is 0.103. The molecule has 10 heteroatoms. The number of hydrogen-bond acceptors (Lipinski definition) is 10. The van der Waals surface area contributed by atoms with Gasteiger partial charge in [0, 0.05) is 55.3 Å². The van der Waals surface area contributed by atoms with Gasteiger partial charge >= 0.3 is 0 Å². The summed E-state index contributed by atoms with van der Waals surface area (Å²) in [6, 6.07) is 27.5. The number of carbonyl (C=O) groups is 2. The Balaban J connectivity index is 1.03. The van der Waals surface area contributed by atoms with Gasteiger partial charge in [-0.3, -0.25) is 9.59 Å². The summed E-state index contributed by atoms with van der Waals surface area (Å²) in [7, 11) is 0. The van der Waals surface area contributed by atoms with Crippen LogP contribution in [0.3, 0.4) is 0 Å². The second-order valence-corrected chi connectivity index (χ2v) is 15.0. The Morgan fingerprint density at radius 3 is 1.33 bits per heavy atom. The van der Waals surface area contributed by atoms with Crippen LogP contribution in [0.25, 0.3) is 84.3 Å². The Hall–Kier alpha value is -5.00. The van der Waals surface area contributed by atoms with Crippen LogP contribution in [-0.2, 0) is 0 Å². The standard InChI is InChI=1S/C36H14N4O2S4/c41-31-17-7-3-1-5-15(17)29-27-19(31)9-11-21(33(27)45-39-29)35-37-23-13-26-24(14-25(23)43-35)38-36(44-26)22-12-10-20-28-30(40-46-34(22)28)16-6-2-4-8-18(16)32(20)42/h1-14H. The summed E-state index contributed by atoms with van der Waals surface area (Å²) >= 11 is 6.11. The molecule has 9 aromatic rings. The van der Waals surface area contributed by atoms with Gasteiger partial charge in [-0.25, -0.2) is 9.97 Å². The molecule has 6 nitrogen and oxygen atoms in total. The first-order valence-corrected chi connectivity index (χ1v) is 17.7.